The maximum Gasteiger partial charge on any atom is 0.0366 e. The molecule has 0 aromatic heterocycles. The van der Waals surface area contributed by atoms with Gasteiger partial charge in [0.2, 0.25) is 0 Å². The smallest absolute Gasteiger partial charge is 0.0366 e. The Kier molecular flexibility index (Phi) is 5.09. The number of aryl methyl sites for hydroxylation is 1. The van der Waals surface area contributed by atoms with Crippen molar-refractivity contribution in [3.63, 3.8) is 0 Å². The van der Waals surface area contributed by atoms with Crippen LogP contribution in [0.25, 0.3) is 0 Å². The summed E-state index contributed by atoms with van der Waals surface area (Å²) < 4.78 is 0. The molecule has 0 saturated heterocycles. The average molecular weight is 274 g/mol. The van der Waals surface area contributed by atoms with Gasteiger partial charge in [0.25, 0.3) is 0 Å². The van der Waals surface area contributed by atoms with Crippen molar-refractivity contribution in [3.05, 3.63) is 29.8 Å². The second kappa shape index (κ2) is 6.62. The van der Waals surface area contributed by atoms with E-state index >= 15 is 0 Å². The van der Waals surface area contributed by atoms with Gasteiger partial charge < -0.3 is 10.2 Å². The van der Waals surface area contributed by atoms with Crippen molar-refractivity contribution in [2.75, 3.05) is 24.5 Å². The number of nitrogens with one attached hydrogen (secondary N) is 1. The second-order valence-corrected chi connectivity index (χ2v) is 6.67. The third-order valence-electron chi connectivity index (χ3n) is 4.60. The van der Waals surface area contributed by atoms with E-state index < -0.39 is 0 Å². The highest BCUT2D eigenvalue weighted by atomic mass is 15.1. The van der Waals surface area contributed by atoms with E-state index in [9.17, 15) is 0 Å². The summed E-state index contributed by atoms with van der Waals surface area (Å²) in [6, 6.07) is 9.73. The number of benzene rings is 1. The zero-order valence-electron chi connectivity index (χ0n) is 13.6. The zero-order chi connectivity index (χ0) is 14.6. The van der Waals surface area contributed by atoms with Crippen molar-refractivity contribution < 1.29 is 0 Å². The monoisotopic (exact) mass is 274 g/mol. The minimum absolute atomic E-state index is 0.351. The predicted molar refractivity (Wildman–Crippen MR) is 88.5 cm³/mol. The molecule has 1 aromatic rings. The Morgan fingerprint density at radius 1 is 1.20 bits per heavy atom. The SMILES string of the molecule is CCN(CC(C)(CC)CNC1CC1)c1ccc(C)cc1. The number of hydrogen-bond acceptors (Lipinski definition) is 2. The molecule has 0 bridgehead atoms. The van der Waals surface area contributed by atoms with Crippen molar-refractivity contribution in [3.8, 4) is 0 Å². The van der Waals surface area contributed by atoms with E-state index in [0.29, 0.717) is 5.41 Å². The molecule has 2 nitrogen and oxygen atoms in total. The van der Waals surface area contributed by atoms with E-state index in [4.69, 9.17) is 0 Å². The quantitative estimate of drug-likeness (QED) is 0.771. The van der Waals surface area contributed by atoms with Gasteiger partial charge >= 0.3 is 0 Å². The Labute approximate surface area is 124 Å². The van der Waals surface area contributed by atoms with Gasteiger partial charge in [-0.3, -0.25) is 0 Å². The molecule has 20 heavy (non-hydrogen) atoms. The van der Waals surface area contributed by atoms with Gasteiger partial charge in [-0.1, -0.05) is 31.5 Å². The Balaban J connectivity index is 2.00. The largest absolute Gasteiger partial charge is 0.371 e. The van der Waals surface area contributed by atoms with Gasteiger partial charge in [-0.05, 0) is 50.7 Å². The van der Waals surface area contributed by atoms with E-state index in [1.165, 1.54) is 30.5 Å². The molecule has 1 atom stereocenters. The van der Waals surface area contributed by atoms with Crippen LogP contribution in [0.5, 0.6) is 0 Å². The van der Waals surface area contributed by atoms with Gasteiger partial charge in [-0.15, -0.1) is 0 Å². The summed E-state index contributed by atoms with van der Waals surface area (Å²) in [5, 5.41) is 3.71. The zero-order valence-corrected chi connectivity index (χ0v) is 13.6. The molecule has 1 unspecified atom stereocenters. The summed E-state index contributed by atoms with van der Waals surface area (Å²) in [5.74, 6) is 0. The number of nitrogens with zero attached hydrogens (tertiary/aromatic N) is 1. The molecule has 0 amide bonds. The molecule has 2 heteroatoms. The van der Waals surface area contributed by atoms with E-state index in [2.05, 4.69) is 62.2 Å². The van der Waals surface area contributed by atoms with Crippen molar-refractivity contribution in [2.24, 2.45) is 5.41 Å². The maximum absolute atomic E-state index is 3.71. The fraction of sp³-hybridized carbons (Fsp3) is 0.667. The van der Waals surface area contributed by atoms with Gasteiger partial charge in [-0.2, -0.15) is 0 Å². The molecule has 112 valence electrons. The molecule has 1 fully saturated rings. The van der Waals surface area contributed by atoms with Gasteiger partial charge in [0, 0.05) is 31.4 Å². The van der Waals surface area contributed by atoms with Crippen molar-refractivity contribution >= 4 is 5.69 Å². The molecular formula is C18H30N2. The fourth-order valence-electron chi connectivity index (χ4n) is 2.57. The summed E-state index contributed by atoms with van der Waals surface area (Å²) in [6.07, 6.45) is 3.96. The van der Waals surface area contributed by atoms with Crippen LogP contribution in [0, 0.1) is 12.3 Å². The first-order valence-electron chi connectivity index (χ1n) is 8.11. The lowest BCUT2D eigenvalue weighted by Crippen LogP contribution is -2.42. The molecule has 0 aliphatic heterocycles. The van der Waals surface area contributed by atoms with Crippen LogP contribution in [0.3, 0.4) is 0 Å². The highest BCUT2D eigenvalue weighted by molar-refractivity contribution is 5.47. The van der Waals surface area contributed by atoms with Gasteiger partial charge in [0.05, 0.1) is 0 Å². The normalized spacial score (nSPS) is 17.8. The molecule has 2 rings (SSSR count). The van der Waals surface area contributed by atoms with Gasteiger partial charge in [0.15, 0.2) is 0 Å². The predicted octanol–water partition coefficient (Wildman–Crippen LogP) is 3.99. The van der Waals surface area contributed by atoms with E-state index in [-0.39, 0.29) is 0 Å². The van der Waals surface area contributed by atoms with Crippen LogP contribution >= 0.6 is 0 Å². The van der Waals surface area contributed by atoms with E-state index in [1.54, 1.807) is 0 Å². The second-order valence-electron chi connectivity index (χ2n) is 6.67. The van der Waals surface area contributed by atoms with Crippen LogP contribution in [-0.4, -0.2) is 25.7 Å². The minimum atomic E-state index is 0.351. The standard InChI is InChI=1S/C18H30N2/c1-5-18(4,13-19-16-9-10-16)14-20(6-2)17-11-7-15(3)8-12-17/h7-8,11-12,16,19H,5-6,9-10,13-14H2,1-4H3. The molecule has 1 aliphatic rings. The first-order valence-corrected chi connectivity index (χ1v) is 8.11. The van der Waals surface area contributed by atoms with Gasteiger partial charge in [-0.25, -0.2) is 0 Å². The molecular weight excluding hydrogens is 244 g/mol. The van der Waals surface area contributed by atoms with Crippen molar-refractivity contribution in [1.29, 1.82) is 0 Å². The van der Waals surface area contributed by atoms with Crippen LogP contribution < -0.4 is 10.2 Å². The van der Waals surface area contributed by atoms with Crippen LogP contribution in [0.15, 0.2) is 24.3 Å². The lowest BCUT2D eigenvalue weighted by atomic mass is 9.86. The minimum Gasteiger partial charge on any atom is -0.371 e. The van der Waals surface area contributed by atoms with Crippen molar-refractivity contribution in [2.45, 2.75) is 53.0 Å². The lowest BCUT2D eigenvalue weighted by molar-refractivity contribution is 0.295. The summed E-state index contributed by atoms with van der Waals surface area (Å²) in [5.41, 5.74) is 3.03. The summed E-state index contributed by atoms with van der Waals surface area (Å²) >= 11 is 0. The van der Waals surface area contributed by atoms with Crippen LogP contribution in [0.2, 0.25) is 0 Å². The van der Waals surface area contributed by atoms with Crippen LogP contribution in [0.1, 0.15) is 45.6 Å². The molecule has 0 heterocycles. The number of hydrogen-bond donors (Lipinski definition) is 1. The Hall–Kier alpha value is -1.02. The van der Waals surface area contributed by atoms with Crippen LogP contribution in [0.4, 0.5) is 5.69 Å². The third-order valence-corrected chi connectivity index (χ3v) is 4.60. The summed E-state index contributed by atoms with van der Waals surface area (Å²) in [7, 11) is 0. The first-order chi connectivity index (χ1) is 9.56. The average Bonchev–Trinajstić information content (AvgIpc) is 3.28. The molecule has 1 saturated carbocycles. The first kappa shape index (κ1) is 15.4. The number of rotatable bonds is 8. The third kappa shape index (κ3) is 4.24. The highest BCUT2D eigenvalue weighted by Crippen LogP contribution is 2.27. The van der Waals surface area contributed by atoms with E-state index in [0.717, 1.165) is 25.7 Å². The molecule has 1 N–H and O–H groups in total. The Morgan fingerprint density at radius 3 is 2.35 bits per heavy atom. The Morgan fingerprint density at radius 2 is 1.85 bits per heavy atom. The van der Waals surface area contributed by atoms with E-state index in [1.807, 2.05) is 0 Å². The lowest BCUT2D eigenvalue weighted by Gasteiger charge is -2.36. The van der Waals surface area contributed by atoms with Crippen LogP contribution in [-0.2, 0) is 0 Å². The molecule has 0 radical (unpaired) electrons. The van der Waals surface area contributed by atoms with Crippen molar-refractivity contribution in [1.82, 2.24) is 5.32 Å². The highest BCUT2D eigenvalue weighted by Gasteiger charge is 2.29. The topological polar surface area (TPSA) is 15.3 Å². The van der Waals surface area contributed by atoms with Gasteiger partial charge in [0.1, 0.15) is 0 Å². The molecule has 0 spiro atoms. The summed E-state index contributed by atoms with van der Waals surface area (Å²) in [6.45, 7) is 12.5. The molecule has 1 aliphatic carbocycles. The number of anilines is 1. The maximum atomic E-state index is 3.71. The summed E-state index contributed by atoms with van der Waals surface area (Å²) in [4.78, 5) is 2.51. The fourth-order valence-corrected chi connectivity index (χ4v) is 2.57. The molecule has 1 aromatic carbocycles. The Bertz CT molecular complexity index is 408.